The van der Waals surface area contributed by atoms with Gasteiger partial charge in [-0.15, -0.1) is 0 Å². The molecule has 1 saturated heterocycles. The van der Waals surface area contributed by atoms with Crippen molar-refractivity contribution in [3.05, 3.63) is 29.8 Å². The van der Waals surface area contributed by atoms with Crippen LogP contribution in [0.4, 0.5) is 0 Å². The highest BCUT2D eigenvalue weighted by atomic mass is 16.6. The van der Waals surface area contributed by atoms with Crippen LogP contribution in [0.25, 0.3) is 0 Å². The van der Waals surface area contributed by atoms with Gasteiger partial charge in [-0.3, -0.25) is 0 Å². The predicted molar refractivity (Wildman–Crippen MR) is 84.8 cm³/mol. The van der Waals surface area contributed by atoms with Gasteiger partial charge in [-0.05, 0) is 31.0 Å². The summed E-state index contributed by atoms with van der Waals surface area (Å²) in [7, 11) is 0. The largest absolute Gasteiger partial charge is 0.494 e. The lowest BCUT2D eigenvalue weighted by atomic mass is 10.1. The first-order valence-electron chi connectivity index (χ1n) is 8.29. The van der Waals surface area contributed by atoms with Crippen LogP contribution in [-0.2, 0) is 9.47 Å². The van der Waals surface area contributed by atoms with Crippen LogP contribution in [-0.4, -0.2) is 25.9 Å². The maximum absolute atomic E-state index is 5.97. The summed E-state index contributed by atoms with van der Waals surface area (Å²) in [6, 6.07) is 8.14. The zero-order valence-electron chi connectivity index (χ0n) is 13.3. The van der Waals surface area contributed by atoms with E-state index in [1.807, 2.05) is 19.1 Å². The molecule has 0 amide bonds. The van der Waals surface area contributed by atoms with Gasteiger partial charge in [0.25, 0.3) is 0 Å². The van der Waals surface area contributed by atoms with Crippen molar-refractivity contribution in [2.45, 2.75) is 58.2 Å². The molecule has 1 aliphatic heterocycles. The monoisotopic (exact) mass is 292 g/mol. The van der Waals surface area contributed by atoms with E-state index < -0.39 is 0 Å². The van der Waals surface area contributed by atoms with Gasteiger partial charge in [-0.25, -0.2) is 0 Å². The van der Waals surface area contributed by atoms with Crippen LogP contribution >= 0.6 is 0 Å². The number of ether oxygens (including phenoxy) is 3. The maximum Gasteiger partial charge on any atom is 0.119 e. The first-order chi connectivity index (χ1) is 10.3. The molecular formula is C18H28O3. The van der Waals surface area contributed by atoms with Crippen molar-refractivity contribution in [2.24, 2.45) is 0 Å². The van der Waals surface area contributed by atoms with E-state index in [0.717, 1.165) is 12.2 Å². The number of hydrogen-bond donors (Lipinski definition) is 0. The van der Waals surface area contributed by atoms with Crippen LogP contribution in [0.1, 0.15) is 57.6 Å². The lowest BCUT2D eigenvalue weighted by molar-refractivity contribution is -0.137. The van der Waals surface area contributed by atoms with Gasteiger partial charge in [0, 0.05) is 0 Å². The Labute approximate surface area is 128 Å². The zero-order chi connectivity index (χ0) is 14.9. The first-order valence-corrected chi connectivity index (χ1v) is 8.29. The van der Waals surface area contributed by atoms with Crippen LogP contribution < -0.4 is 4.74 Å². The fourth-order valence-electron chi connectivity index (χ4n) is 2.65. The molecule has 0 aliphatic carbocycles. The van der Waals surface area contributed by atoms with Gasteiger partial charge in [0.15, 0.2) is 0 Å². The summed E-state index contributed by atoms with van der Waals surface area (Å²) < 4.78 is 17.4. The molecule has 0 spiro atoms. The van der Waals surface area contributed by atoms with Crippen molar-refractivity contribution in [1.82, 2.24) is 0 Å². The first kappa shape index (κ1) is 16.3. The van der Waals surface area contributed by atoms with E-state index in [0.29, 0.717) is 19.8 Å². The number of hydrogen-bond acceptors (Lipinski definition) is 3. The summed E-state index contributed by atoms with van der Waals surface area (Å²) in [5.74, 6) is 0.909. The third-order valence-electron chi connectivity index (χ3n) is 3.91. The highest BCUT2D eigenvalue weighted by molar-refractivity contribution is 5.28. The normalized spacial score (nSPS) is 22.2. The van der Waals surface area contributed by atoms with E-state index in [2.05, 4.69) is 19.1 Å². The molecular weight excluding hydrogens is 264 g/mol. The van der Waals surface area contributed by atoms with E-state index in [1.54, 1.807) is 0 Å². The highest BCUT2D eigenvalue weighted by Crippen LogP contribution is 2.26. The average molecular weight is 292 g/mol. The molecule has 1 fully saturated rings. The summed E-state index contributed by atoms with van der Waals surface area (Å²) in [5.41, 5.74) is 1.17. The quantitative estimate of drug-likeness (QED) is 0.660. The molecule has 0 bridgehead atoms. The third kappa shape index (κ3) is 5.33. The van der Waals surface area contributed by atoms with Gasteiger partial charge in [0.2, 0.25) is 0 Å². The van der Waals surface area contributed by atoms with Crippen molar-refractivity contribution in [1.29, 1.82) is 0 Å². The summed E-state index contributed by atoms with van der Waals surface area (Å²) >= 11 is 0. The van der Waals surface area contributed by atoms with Crippen molar-refractivity contribution < 1.29 is 14.2 Å². The zero-order valence-corrected chi connectivity index (χ0v) is 13.3. The van der Waals surface area contributed by atoms with Crippen LogP contribution in [0.3, 0.4) is 0 Å². The van der Waals surface area contributed by atoms with Crippen LogP contribution in [0.2, 0.25) is 0 Å². The van der Waals surface area contributed by atoms with Crippen molar-refractivity contribution in [3.63, 3.8) is 0 Å². The molecule has 1 aliphatic rings. The molecule has 1 heterocycles. The fourth-order valence-corrected chi connectivity index (χ4v) is 2.65. The lowest BCUT2D eigenvalue weighted by Crippen LogP contribution is -2.31. The van der Waals surface area contributed by atoms with Crippen LogP contribution in [0.5, 0.6) is 5.75 Å². The smallest absolute Gasteiger partial charge is 0.119 e. The molecule has 0 N–H and O–H groups in total. The van der Waals surface area contributed by atoms with E-state index in [4.69, 9.17) is 14.2 Å². The van der Waals surface area contributed by atoms with Gasteiger partial charge in [-0.1, -0.05) is 44.7 Å². The second-order valence-corrected chi connectivity index (χ2v) is 5.63. The molecule has 2 rings (SSSR count). The number of rotatable bonds is 8. The fraction of sp³-hybridized carbons (Fsp3) is 0.667. The minimum atomic E-state index is 0.0626. The molecule has 118 valence electrons. The van der Waals surface area contributed by atoms with E-state index in [1.165, 1.54) is 31.2 Å². The SMILES string of the molecule is CCCCCCC1COC(c2ccc(OCC)cc2)CO1. The Kier molecular flexibility index (Phi) is 7.04. The number of unbranched alkanes of at least 4 members (excludes halogenated alkanes) is 3. The van der Waals surface area contributed by atoms with Crippen molar-refractivity contribution >= 4 is 0 Å². The Morgan fingerprint density at radius 2 is 1.81 bits per heavy atom. The second-order valence-electron chi connectivity index (χ2n) is 5.63. The number of benzene rings is 1. The average Bonchev–Trinajstić information content (AvgIpc) is 2.53. The molecule has 0 radical (unpaired) electrons. The topological polar surface area (TPSA) is 27.7 Å². The highest BCUT2D eigenvalue weighted by Gasteiger charge is 2.23. The van der Waals surface area contributed by atoms with E-state index in [9.17, 15) is 0 Å². The molecule has 1 aromatic carbocycles. The molecule has 3 heteroatoms. The summed E-state index contributed by atoms with van der Waals surface area (Å²) in [5, 5.41) is 0. The van der Waals surface area contributed by atoms with Gasteiger partial charge in [0.1, 0.15) is 11.9 Å². The molecule has 0 saturated carbocycles. The second kappa shape index (κ2) is 9.06. The Bertz CT molecular complexity index is 380. The summed E-state index contributed by atoms with van der Waals surface area (Å²) in [4.78, 5) is 0. The van der Waals surface area contributed by atoms with Crippen LogP contribution in [0, 0.1) is 0 Å². The van der Waals surface area contributed by atoms with Crippen molar-refractivity contribution in [3.8, 4) is 5.75 Å². The Hall–Kier alpha value is -1.06. The standard InChI is InChI=1S/C18H28O3/c1-3-5-6-7-8-17-13-21-18(14-20-17)15-9-11-16(12-10-15)19-4-2/h9-12,17-18H,3-8,13-14H2,1-2H3. The third-order valence-corrected chi connectivity index (χ3v) is 3.91. The molecule has 0 aromatic heterocycles. The molecule has 1 aromatic rings. The molecule has 2 atom stereocenters. The summed E-state index contributed by atoms with van der Waals surface area (Å²) in [6.07, 6.45) is 6.61. The van der Waals surface area contributed by atoms with Gasteiger partial charge in [0.05, 0.1) is 25.9 Å². The molecule has 3 nitrogen and oxygen atoms in total. The van der Waals surface area contributed by atoms with Crippen molar-refractivity contribution in [2.75, 3.05) is 19.8 Å². The molecule has 21 heavy (non-hydrogen) atoms. The van der Waals surface area contributed by atoms with E-state index >= 15 is 0 Å². The van der Waals surface area contributed by atoms with Crippen LogP contribution in [0.15, 0.2) is 24.3 Å². The summed E-state index contributed by atoms with van der Waals surface area (Å²) in [6.45, 7) is 6.30. The predicted octanol–water partition coefficient (Wildman–Crippen LogP) is 4.51. The Morgan fingerprint density at radius 3 is 2.43 bits per heavy atom. The Morgan fingerprint density at radius 1 is 1.00 bits per heavy atom. The molecule has 2 unspecified atom stereocenters. The maximum atomic E-state index is 5.97. The minimum absolute atomic E-state index is 0.0626. The Balaban J connectivity index is 1.73. The van der Waals surface area contributed by atoms with Gasteiger partial charge in [-0.2, -0.15) is 0 Å². The lowest BCUT2D eigenvalue weighted by Gasteiger charge is -2.30. The van der Waals surface area contributed by atoms with Gasteiger partial charge >= 0.3 is 0 Å². The van der Waals surface area contributed by atoms with E-state index in [-0.39, 0.29) is 12.2 Å². The minimum Gasteiger partial charge on any atom is -0.494 e. The van der Waals surface area contributed by atoms with Gasteiger partial charge < -0.3 is 14.2 Å².